The van der Waals surface area contributed by atoms with E-state index >= 15 is 0 Å². The van der Waals surface area contributed by atoms with Crippen molar-refractivity contribution in [3.8, 4) is 0 Å². The Hall–Kier alpha value is -0.410. The third-order valence-corrected chi connectivity index (χ3v) is 1.60. The lowest BCUT2D eigenvalue weighted by Gasteiger charge is -2.04. The molecule has 0 aromatic carbocycles. The highest BCUT2D eigenvalue weighted by molar-refractivity contribution is 5.85. The number of Topliss-reactive ketones (excluding diaryl/α,β-unsaturated/α-hetero) is 1. The van der Waals surface area contributed by atoms with Crippen LogP contribution in [0.5, 0.6) is 0 Å². The summed E-state index contributed by atoms with van der Waals surface area (Å²) in [4.78, 5) is 10.7. The van der Waals surface area contributed by atoms with E-state index in [-0.39, 0.29) is 18.4 Å². The topological polar surface area (TPSA) is 49.3 Å². The molecule has 3 heteroatoms. The minimum absolute atomic E-state index is 0.0602. The number of hydrogen-bond donors (Lipinski definition) is 2. The number of aliphatic hydroxyl groups excluding tert-OH is 1. The van der Waals surface area contributed by atoms with Crippen molar-refractivity contribution in [2.24, 2.45) is 0 Å². The van der Waals surface area contributed by atoms with Crippen LogP contribution in [0.4, 0.5) is 0 Å². The molecule has 0 saturated carbocycles. The van der Waals surface area contributed by atoms with Gasteiger partial charge in [-0.05, 0) is 19.4 Å². The third kappa shape index (κ3) is 1.50. The Labute approximate surface area is 54.1 Å². The highest BCUT2D eigenvalue weighted by Crippen LogP contribution is 2.04. The van der Waals surface area contributed by atoms with E-state index in [4.69, 9.17) is 5.11 Å². The predicted octanol–water partition coefficient (Wildman–Crippen LogP) is -0.700. The van der Waals surface area contributed by atoms with Crippen LogP contribution in [0.2, 0.25) is 0 Å². The maximum Gasteiger partial charge on any atom is 0.174 e. The summed E-state index contributed by atoms with van der Waals surface area (Å²) in [6, 6.07) is -0.0602. The van der Waals surface area contributed by atoms with Crippen LogP contribution in [0, 0.1) is 0 Å². The molecule has 1 rings (SSSR count). The molecule has 52 valence electrons. The number of rotatable bonds is 2. The Morgan fingerprint density at radius 3 is 3.00 bits per heavy atom. The number of carbonyl (C=O) groups is 1. The summed E-state index contributed by atoms with van der Waals surface area (Å²) >= 11 is 0. The van der Waals surface area contributed by atoms with Crippen molar-refractivity contribution >= 4 is 5.78 Å². The zero-order valence-electron chi connectivity index (χ0n) is 5.26. The summed E-state index contributed by atoms with van der Waals surface area (Å²) in [5.41, 5.74) is 0. The summed E-state index contributed by atoms with van der Waals surface area (Å²) < 4.78 is 0. The molecule has 9 heavy (non-hydrogen) atoms. The first-order valence-corrected chi connectivity index (χ1v) is 3.21. The zero-order valence-corrected chi connectivity index (χ0v) is 5.26. The summed E-state index contributed by atoms with van der Waals surface area (Å²) in [6.07, 6.45) is 1.94. The van der Waals surface area contributed by atoms with Gasteiger partial charge in [-0.25, -0.2) is 0 Å². The molecule has 0 aromatic rings. The molecule has 0 radical (unpaired) electrons. The van der Waals surface area contributed by atoms with Crippen LogP contribution in [0.15, 0.2) is 0 Å². The van der Waals surface area contributed by atoms with Crippen molar-refractivity contribution in [2.75, 3.05) is 13.2 Å². The molecule has 2 N–H and O–H groups in total. The van der Waals surface area contributed by atoms with Crippen molar-refractivity contribution in [1.29, 1.82) is 0 Å². The van der Waals surface area contributed by atoms with Crippen LogP contribution in [0.1, 0.15) is 12.8 Å². The number of ketones is 1. The molecule has 0 aromatic heterocycles. The second-order valence-electron chi connectivity index (χ2n) is 2.27. The first kappa shape index (κ1) is 6.71. The van der Waals surface area contributed by atoms with Gasteiger partial charge in [0.2, 0.25) is 0 Å². The Balaban J connectivity index is 2.32. The van der Waals surface area contributed by atoms with Gasteiger partial charge in [0.1, 0.15) is 6.61 Å². The fraction of sp³-hybridized carbons (Fsp3) is 0.833. The molecule has 0 unspecified atom stereocenters. The van der Waals surface area contributed by atoms with Gasteiger partial charge in [-0.3, -0.25) is 4.79 Å². The van der Waals surface area contributed by atoms with Gasteiger partial charge in [0.05, 0.1) is 6.04 Å². The fourth-order valence-corrected chi connectivity index (χ4v) is 1.07. The lowest BCUT2D eigenvalue weighted by atomic mass is 10.1. The normalized spacial score (nSPS) is 26.6. The Kier molecular flexibility index (Phi) is 2.19. The van der Waals surface area contributed by atoms with Gasteiger partial charge in [-0.2, -0.15) is 0 Å². The number of nitrogens with one attached hydrogen (secondary N) is 1. The van der Waals surface area contributed by atoms with E-state index in [0.717, 1.165) is 19.4 Å². The Morgan fingerprint density at radius 2 is 2.56 bits per heavy atom. The second-order valence-corrected chi connectivity index (χ2v) is 2.27. The van der Waals surface area contributed by atoms with Crippen molar-refractivity contribution in [3.05, 3.63) is 0 Å². The predicted molar refractivity (Wildman–Crippen MR) is 33.1 cm³/mol. The van der Waals surface area contributed by atoms with Crippen molar-refractivity contribution in [1.82, 2.24) is 5.32 Å². The molecule has 3 nitrogen and oxygen atoms in total. The highest BCUT2D eigenvalue weighted by Gasteiger charge is 2.20. The minimum atomic E-state index is -0.322. The maximum atomic E-state index is 10.7. The van der Waals surface area contributed by atoms with Crippen LogP contribution < -0.4 is 5.32 Å². The Bertz CT molecular complexity index is 108. The lowest BCUT2D eigenvalue weighted by Crippen LogP contribution is -2.32. The largest absolute Gasteiger partial charge is 0.389 e. The monoisotopic (exact) mass is 129 g/mol. The van der Waals surface area contributed by atoms with Gasteiger partial charge in [0.25, 0.3) is 0 Å². The Morgan fingerprint density at radius 1 is 1.78 bits per heavy atom. The molecule has 1 atom stereocenters. The highest BCUT2D eigenvalue weighted by atomic mass is 16.3. The molecule has 0 amide bonds. The van der Waals surface area contributed by atoms with Crippen LogP contribution in [0.3, 0.4) is 0 Å². The smallest absolute Gasteiger partial charge is 0.174 e. The van der Waals surface area contributed by atoms with Gasteiger partial charge >= 0.3 is 0 Å². The van der Waals surface area contributed by atoms with Crippen LogP contribution in [0.25, 0.3) is 0 Å². The zero-order chi connectivity index (χ0) is 6.69. The van der Waals surface area contributed by atoms with Crippen LogP contribution >= 0.6 is 0 Å². The molecule has 0 spiro atoms. The number of hydrogen-bond acceptors (Lipinski definition) is 3. The van der Waals surface area contributed by atoms with E-state index in [1.54, 1.807) is 0 Å². The molecular formula is C6H11NO2. The molecule has 0 bridgehead atoms. The standard InChI is InChI=1S/C6H11NO2/c8-4-6(9)5-2-1-3-7-5/h5,7-8H,1-4H2/t5-/m1/s1. The van der Waals surface area contributed by atoms with E-state index in [2.05, 4.69) is 5.32 Å². The van der Waals surface area contributed by atoms with E-state index in [1.807, 2.05) is 0 Å². The van der Waals surface area contributed by atoms with E-state index < -0.39 is 0 Å². The van der Waals surface area contributed by atoms with Gasteiger partial charge in [-0.1, -0.05) is 0 Å². The summed E-state index contributed by atoms with van der Waals surface area (Å²) in [5.74, 6) is -0.0764. The van der Waals surface area contributed by atoms with E-state index in [9.17, 15) is 4.79 Å². The summed E-state index contributed by atoms with van der Waals surface area (Å²) in [5, 5.41) is 11.4. The van der Waals surface area contributed by atoms with Crippen LogP contribution in [-0.4, -0.2) is 30.1 Å². The first-order chi connectivity index (χ1) is 4.34. The molecule has 1 fully saturated rings. The summed E-state index contributed by atoms with van der Waals surface area (Å²) in [7, 11) is 0. The number of carbonyl (C=O) groups excluding carboxylic acids is 1. The number of aliphatic hydroxyl groups is 1. The maximum absolute atomic E-state index is 10.7. The van der Waals surface area contributed by atoms with Crippen molar-refractivity contribution < 1.29 is 9.90 Å². The van der Waals surface area contributed by atoms with Gasteiger partial charge in [0, 0.05) is 0 Å². The van der Waals surface area contributed by atoms with E-state index in [0.29, 0.717) is 0 Å². The van der Waals surface area contributed by atoms with Gasteiger partial charge in [0.15, 0.2) is 5.78 Å². The summed E-state index contributed by atoms with van der Waals surface area (Å²) in [6.45, 7) is 0.591. The molecule has 1 aliphatic rings. The molecule has 1 heterocycles. The van der Waals surface area contributed by atoms with Crippen molar-refractivity contribution in [2.45, 2.75) is 18.9 Å². The second kappa shape index (κ2) is 2.94. The quantitative estimate of drug-likeness (QED) is 0.518. The molecular weight excluding hydrogens is 118 g/mol. The average molecular weight is 129 g/mol. The van der Waals surface area contributed by atoms with Gasteiger partial charge in [-0.15, -0.1) is 0 Å². The lowest BCUT2D eigenvalue weighted by molar-refractivity contribution is -0.123. The van der Waals surface area contributed by atoms with E-state index in [1.165, 1.54) is 0 Å². The average Bonchev–Trinajstić information content (AvgIpc) is 2.37. The molecule has 1 saturated heterocycles. The fourth-order valence-electron chi connectivity index (χ4n) is 1.07. The minimum Gasteiger partial charge on any atom is -0.389 e. The molecule has 0 aliphatic carbocycles. The van der Waals surface area contributed by atoms with Crippen molar-refractivity contribution in [3.63, 3.8) is 0 Å². The molecule has 1 aliphatic heterocycles. The third-order valence-electron chi connectivity index (χ3n) is 1.60. The SMILES string of the molecule is O=C(CO)[C@H]1CCCN1. The van der Waals surface area contributed by atoms with Crippen LogP contribution in [-0.2, 0) is 4.79 Å². The van der Waals surface area contributed by atoms with Gasteiger partial charge < -0.3 is 10.4 Å². The first-order valence-electron chi connectivity index (χ1n) is 3.21.